The van der Waals surface area contributed by atoms with Gasteiger partial charge in [-0.05, 0) is 68.5 Å². The minimum Gasteiger partial charge on any atom is -0.494 e. The lowest BCUT2D eigenvalue weighted by Crippen LogP contribution is -2.28. The van der Waals surface area contributed by atoms with E-state index in [1.54, 1.807) is 0 Å². The zero-order valence-electron chi connectivity index (χ0n) is 14.6. The molecule has 0 unspecified atom stereocenters. The van der Waals surface area contributed by atoms with Crippen LogP contribution in [0.5, 0.6) is 5.75 Å². The maximum absolute atomic E-state index is 5.88. The molecule has 1 aliphatic rings. The quantitative estimate of drug-likeness (QED) is 0.629. The molecule has 2 aromatic carbocycles. The van der Waals surface area contributed by atoms with E-state index in [4.69, 9.17) is 4.74 Å². The molecule has 2 heteroatoms. The van der Waals surface area contributed by atoms with Crippen molar-refractivity contribution in [1.29, 1.82) is 0 Å². The van der Waals surface area contributed by atoms with Crippen molar-refractivity contribution in [2.75, 3.05) is 19.7 Å². The lowest BCUT2D eigenvalue weighted by atomic mass is 10.1. The van der Waals surface area contributed by atoms with Crippen molar-refractivity contribution in [2.24, 2.45) is 0 Å². The molecule has 1 fully saturated rings. The van der Waals surface area contributed by atoms with E-state index in [2.05, 4.69) is 59.5 Å². The number of benzene rings is 2. The van der Waals surface area contributed by atoms with E-state index < -0.39 is 0 Å². The Morgan fingerprint density at radius 2 is 1.50 bits per heavy atom. The van der Waals surface area contributed by atoms with Gasteiger partial charge in [0.2, 0.25) is 0 Å². The van der Waals surface area contributed by atoms with E-state index in [0.717, 1.165) is 31.7 Å². The highest BCUT2D eigenvalue weighted by atomic mass is 16.5. The molecular weight excluding hydrogens is 294 g/mol. The van der Waals surface area contributed by atoms with Crippen molar-refractivity contribution in [3.63, 3.8) is 0 Å². The number of aryl methyl sites for hydroxylation is 1. The Morgan fingerprint density at radius 1 is 0.750 bits per heavy atom. The molecule has 1 saturated heterocycles. The van der Waals surface area contributed by atoms with Crippen molar-refractivity contribution < 1.29 is 4.74 Å². The molecule has 0 bridgehead atoms. The third kappa shape index (κ3) is 5.68. The highest BCUT2D eigenvalue weighted by Crippen LogP contribution is 2.17. The van der Waals surface area contributed by atoms with Crippen molar-refractivity contribution in [3.05, 3.63) is 65.7 Å². The van der Waals surface area contributed by atoms with Gasteiger partial charge in [-0.2, -0.15) is 0 Å². The van der Waals surface area contributed by atoms with Gasteiger partial charge in [-0.3, -0.25) is 4.90 Å². The number of hydrogen-bond acceptors (Lipinski definition) is 2. The molecule has 2 aromatic rings. The Morgan fingerprint density at radius 3 is 2.25 bits per heavy atom. The zero-order chi connectivity index (χ0) is 16.5. The third-order valence-electron chi connectivity index (χ3n) is 4.75. The summed E-state index contributed by atoms with van der Waals surface area (Å²) in [7, 11) is 0. The summed E-state index contributed by atoms with van der Waals surface area (Å²) < 4.78 is 5.88. The molecule has 0 saturated carbocycles. The SMILES string of the molecule is c1ccc(CCCCOc2ccc(CN3CCCCC3)cc2)cc1. The minimum atomic E-state index is 0.804. The van der Waals surface area contributed by atoms with Gasteiger partial charge in [-0.15, -0.1) is 0 Å². The molecule has 1 heterocycles. The standard InChI is InChI=1S/C22H29NO/c1-3-9-20(10-4-1)11-5-8-18-24-22-14-12-21(13-15-22)19-23-16-6-2-7-17-23/h1,3-4,9-10,12-15H,2,5-8,11,16-19H2. The van der Waals surface area contributed by atoms with Crippen molar-refractivity contribution >= 4 is 0 Å². The van der Waals surface area contributed by atoms with Gasteiger partial charge in [0.25, 0.3) is 0 Å². The second kappa shape index (κ2) is 9.48. The summed E-state index contributed by atoms with van der Waals surface area (Å²) in [5, 5.41) is 0. The summed E-state index contributed by atoms with van der Waals surface area (Å²) in [5.41, 5.74) is 2.81. The van der Waals surface area contributed by atoms with Crippen LogP contribution in [-0.4, -0.2) is 24.6 Å². The fraction of sp³-hybridized carbons (Fsp3) is 0.455. The second-order valence-corrected chi connectivity index (χ2v) is 6.77. The number of rotatable bonds is 8. The molecule has 24 heavy (non-hydrogen) atoms. The second-order valence-electron chi connectivity index (χ2n) is 6.77. The van der Waals surface area contributed by atoms with E-state index in [0.29, 0.717) is 0 Å². The van der Waals surface area contributed by atoms with Gasteiger partial charge >= 0.3 is 0 Å². The number of likely N-dealkylation sites (tertiary alicyclic amines) is 1. The van der Waals surface area contributed by atoms with Crippen LogP contribution in [0, 0.1) is 0 Å². The van der Waals surface area contributed by atoms with Crippen LogP contribution in [0.15, 0.2) is 54.6 Å². The van der Waals surface area contributed by atoms with Crippen LogP contribution in [0.4, 0.5) is 0 Å². The van der Waals surface area contributed by atoms with Gasteiger partial charge in [0.05, 0.1) is 6.61 Å². The highest BCUT2D eigenvalue weighted by Gasteiger charge is 2.10. The topological polar surface area (TPSA) is 12.5 Å². The van der Waals surface area contributed by atoms with Crippen molar-refractivity contribution in [3.8, 4) is 5.75 Å². The molecule has 2 nitrogen and oxygen atoms in total. The maximum Gasteiger partial charge on any atom is 0.119 e. The molecule has 0 radical (unpaired) electrons. The van der Waals surface area contributed by atoms with E-state index in [1.807, 2.05) is 0 Å². The first-order chi connectivity index (χ1) is 11.9. The van der Waals surface area contributed by atoms with Gasteiger partial charge in [-0.1, -0.05) is 48.9 Å². The molecular formula is C22H29NO. The summed E-state index contributed by atoms with van der Waals surface area (Å²) in [6.07, 6.45) is 7.52. The molecule has 0 atom stereocenters. The Balaban J connectivity index is 1.33. The summed E-state index contributed by atoms with van der Waals surface area (Å²) in [5.74, 6) is 0.997. The molecule has 128 valence electrons. The molecule has 0 amide bonds. The van der Waals surface area contributed by atoms with Gasteiger partial charge in [0, 0.05) is 6.54 Å². The fourth-order valence-corrected chi connectivity index (χ4v) is 3.33. The van der Waals surface area contributed by atoms with Crippen LogP contribution in [0.25, 0.3) is 0 Å². The Kier molecular flexibility index (Phi) is 6.73. The molecule has 3 rings (SSSR count). The Hall–Kier alpha value is -1.80. The lowest BCUT2D eigenvalue weighted by molar-refractivity contribution is 0.221. The predicted molar refractivity (Wildman–Crippen MR) is 100 cm³/mol. The van der Waals surface area contributed by atoms with Crippen LogP contribution in [0.2, 0.25) is 0 Å². The molecule has 1 aliphatic heterocycles. The maximum atomic E-state index is 5.88. The lowest BCUT2D eigenvalue weighted by Gasteiger charge is -2.26. The summed E-state index contributed by atoms with van der Waals surface area (Å²) in [4.78, 5) is 2.56. The average Bonchev–Trinajstić information content (AvgIpc) is 2.65. The van der Waals surface area contributed by atoms with E-state index in [1.165, 1.54) is 49.9 Å². The first-order valence-corrected chi connectivity index (χ1v) is 9.38. The van der Waals surface area contributed by atoms with Crippen LogP contribution in [-0.2, 0) is 13.0 Å². The van der Waals surface area contributed by atoms with Crippen LogP contribution in [0.1, 0.15) is 43.2 Å². The number of piperidine rings is 1. The van der Waals surface area contributed by atoms with Gasteiger partial charge in [0.15, 0.2) is 0 Å². The van der Waals surface area contributed by atoms with E-state index >= 15 is 0 Å². The third-order valence-corrected chi connectivity index (χ3v) is 4.75. The zero-order valence-corrected chi connectivity index (χ0v) is 14.6. The number of unbranched alkanes of at least 4 members (excludes halogenated alkanes) is 1. The van der Waals surface area contributed by atoms with Crippen molar-refractivity contribution in [2.45, 2.75) is 45.1 Å². The summed E-state index contributed by atoms with van der Waals surface area (Å²) >= 11 is 0. The molecule has 0 spiro atoms. The fourth-order valence-electron chi connectivity index (χ4n) is 3.33. The number of hydrogen-bond donors (Lipinski definition) is 0. The highest BCUT2D eigenvalue weighted by molar-refractivity contribution is 5.27. The van der Waals surface area contributed by atoms with E-state index in [9.17, 15) is 0 Å². The predicted octanol–water partition coefficient (Wildman–Crippen LogP) is 5.07. The van der Waals surface area contributed by atoms with Gasteiger partial charge < -0.3 is 4.74 Å². The van der Waals surface area contributed by atoms with Crippen molar-refractivity contribution in [1.82, 2.24) is 4.90 Å². The number of ether oxygens (including phenoxy) is 1. The summed E-state index contributed by atoms with van der Waals surface area (Å²) in [6.45, 7) is 4.38. The first kappa shape index (κ1) is 17.0. The number of nitrogens with zero attached hydrogens (tertiary/aromatic N) is 1. The molecule has 0 aliphatic carbocycles. The van der Waals surface area contributed by atoms with Gasteiger partial charge in [-0.25, -0.2) is 0 Å². The van der Waals surface area contributed by atoms with Gasteiger partial charge in [0.1, 0.15) is 5.75 Å². The monoisotopic (exact) mass is 323 g/mol. The summed E-state index contributed by atoms with van der Waals surface area (Å²) in [6, 6.07) is 19.4. The normalized spacial score (nSPS) is 15.3. The molecule has 0 aromatic heterocycles. The minimum absolute atomic E-state index is 0.804. The first-order valence-electron chi connectivity index (χ1n) is 9.38. The average molecular weight is 323 g/mol. The molecule has 0 N–H and O–H groups in total. The van der Waals surface area contributed by atoms with Crippen LogP contribution in [0.3, 0.4) is 0 Å². The smallest absolute Gasteiger partial charge is 0.119 e. The van der Waals surface area contributed by atoms with E-state index in [-0.39, 0.29) is 0 Å². The Bertz CT molecular complexity index is 573. The van der Waals surface area contributed by atoms with Crippen LogP contribution >= 0.6 is 0 Å². The largest absolute Gasteiger partial charge is 0.494 e. The Labute approximate surface area is 146 Å². The van der Waals surface area contributed by atoms with Crippen LogP contribution < -0.4 is 4.74 Å².